The van der Waals surface area contributed by atoms with Crippen molar-refractivity contribution in [2.75, 3.05) is 11.9 Å². The van der Waals surface area contributed by atoms with Gasteiger partial charge in [0, 0.05) is 17.8 Å². The fourth-order valence-electron chi connectivity index (χ4n) is 2.12. The molecule has 0 unspecified atom stereocenters. The van der Waals surface area contributed by atoms with Crippen LogP contribution in [0, 0.1) is 10.1 Å². The van der Waals surface area contributed by atoms with Gasteiger partial charge in [-0.05, 0) is 6.07 Å². The van der Waals surface area contributed by atoms with Gasteiger partial charge in [-0.2, -0.15) is 0 Å². The van der Waals surface area contributed by atoms with E-state index in [1.54, 1.807) is 0 Å². The quantitative estimate of drug-likeness (QED) is 0.337. The van der Waals surface area contributed by atoms with Crippen molar-refractivity contribution in [3.8, 4) is 0 Å². The van der Waals surface area contributed by atoms with E-state index in [9.17, 15) is 25.4 Å². The number of non-ortho nitro benzene ring substituents is 1. The fourth-order valence-corrected chi connectivity index (χ4v) is 2.12. The first-order valence-electron chi connectivity index (χ1n) is 6.25. The van der Waals surface area contributed by atoms with Crippen LogP contribution in [0.4, 0.5) is 11.4 Å². The number of benzene rings is 1. The SMILES string of the molecule is O=[N+]([O-])c1cccc(N[C@H]2O[C@@H]([C@@H](O)CO)[C@H](O)[C@@H]2O)c1. The van der Waals surface area contributed by atoms with Gasteiger partial charge < -0.3 is 30.5 Å². The van der Waals surface area contributed by atoms with Crippen LogP contribution in [-0.2, 0) is 4.74 Å². The van der Waals surface area contributed by atoms with E-state index in [1.807, 2.05) is 0 Å². The zero-order valence-corrected chi connectivity index (χ0v) is 10.9. The van der Waals surface area contributed by atoms with Gasteiger partial charge in [-0.15, -0.1) is 0 Å². The minimum absolute atomic E-state index is 0.139. The Bertz CT molecular complexity index is 512. The summed E-state index contributed by atoms with van der Waals surface area (Å²) in [5.74, 6) is 0. The van der Waals surface area contributed by atoms with Crippen LogP contribution in [0.2, 0.25) is 0 Å². The summed E-state index contributed by atoms with van der Waals surface area (Å²) in [6.07, 6.45) is -6.29. The van der Waals surface area contributed by atoms with E-state index in [4.69, 9.17) is 9.84 Å². The van der Waals surface area contributed by atoms with Gasteiger partial charge in [0.1, 0.15) is 24.4 Å². The molecule has 116 valence electrons. The van der Waals surface area contributed by atoms with Crippen molar-refractivity contribution in [2.45, 2.75) is 30.6 Å². The van der Waals surface area contributed by atoms with Crippen molar-refractivity contribution in [1.82, 2.24) is 0 Å². The van der Waals surface area contributed by atoms with Crippen molar-refractivity contribution in [3.05, 3.63) is 34.4 Å². The molecule has 0 bridgehead atoms. The van der Waals surface area contributed by atoms with E-state index >= 15 is 0 Å². The monoisotopic (exact) mass is 300 g/mol. The lowest BCUT2D eigenvalue weighted by Crippen LogP contribution is -2.40. The molecule has 0 amide bonds. The van der Waals surface area contributed by atoms with Gasteiger partial charge in [-0.1, -0.05) is 6.07 Å². The lowest BCUT2D eigenvalue weighted by atomic mass is 10.1. The standard InChI is InChI=1S/C12H16N2O7/c15-5-8(16)11-9(17)10(18)12(21-11)13-6-2-1-3-7(4-6)14(19)20/h1-4,8-13,15-18H,5H2/t8-,9+,10-,11-,12-/m0/s1. The van der Waals surface area contributed by atoms with Gasteiger partial charge in [0.25, 0.3) is 5.69 Å². The van der Waals surface area contributed by atoms with Crippen LogP contribution < -0.4 is 5.32 Å². The molecular weight excluding hydrogens is 284 g/mol. The van der Waals surface area contributed by atoms with Crippen LogP contribution in [0.3, 0.4) is 0 Å². The second-order valence-electron chi connectivity index (χ2n) is 4.70. The molecule has 0 radical (unpaired) electrons. The third-order valence-electron chi connectivity index (χ3n) is 3.23. The maximum atomic E-state index is 10.7. The van der Waals surface area contributed by atoms with Crippen molar-refractivity contribution < 1.29 is 30.1 Å². The molecule has 9 heteroatoms. The fraction of sp³-hybridized carbons (Fsp3) is 0.500. The van der Waals surface area contributed by atoms with Crippen LogP contribution in [0.25, 0.3) is 0 Å². The smallest absolute Gasteiger partial charge is 0.271 e. The average molecular weight is 300 g/mol. The second kappa shape index (κ2) is 6.33. The highest BCUT2D eigenvalue weighted by atomic mass is 16.6. The number of aliphatic hydroxyl groups excluding tert-OH is 4. The van der Waals surface area contributed by atoms with Crippen molar-refractivity contribution in [2.24, 2.45) is 0 Å². The Hall–Kier alpha value is -1.78. The predicted molar refractivity (Wildman–Crippen MR) is 70.5 cm³/mol. The highest BCUT2D eigenvalue weighted by molar-refractivity contribution is 5.51. The molecule has 0 aliphatic carbocycles. The zero-order valence-electron chi connectivity index (χ0n) is 10.9. The number of anilines is 1. The number of rotatable bonds is 5. The molecule has 0 saturated carbocycles. The Labute approximate surface area is 119 Å². The summed E-state index contributed by atoms with van der Waals surface area (Å²) < 4.78 is 5.25. The molecule has 2 rings (SSSR count). The van der Waals surface area contributed by atoms with Gasteiger partial charge in [-0.3, -0.25) is 10.1 Å². The molecular formula is C12H16N2O7. The van der Waals surface area contributed by atoms with Crippen LogP contribution in [0.15, 0.2) is 24.3 Å². The summed E-state index contributed by atoms with van der Waals surface area (Å²) in [6.45, 7) is -0.627. The van der Waals surface area contributed by atoms with Gasteiger partial charge in [0.05, 0.1) is 11.5 Å². The predicted octanol–water partition coefficient (Wildman–Crippen LogP) is -1.19. The Balaban J connectivity index is 2.09. The maximum Gasteiger partial charge on any atom is 0.271 e. The van der Waals surface area contributed by atoms with E-state index in [2.05, 4.69) is 5.32 Å². The number of ether oxygens (including phenoxy) is 1. The third-order valence-corrected chi connectivity index (χ3v) is 3.23. The molecule has 5 N–H and O–H groups in total. The zero-order chi connectivity index (χ0) is 15.6. The Morgan fingerprint density at radius 3 is 2.71 bits per heavy atom. The molecule has 0 spiro atoms. The molecule has 1 saturated heterocycles. The van der Waals surface area contributed by atoms with E-state index in [0.29, 0.717) is 5.69 Å². The average Bonchev–Trinajstić information content (AvgIpc) is 2.75. The van der Waals surface area contributed by atoms with Gasteiger partial charge in [0.2, 0.25) is 0 Å². The van der Waals surface area contributed by atoms with Crippen LogP contribution in [0.5, 0.6) is 0 Å². The normalized spacial score (nSPS) is 30.1. The minimum Gasteiger partial charge on any atom is -0.394 e. The van der Waals surface area contributed by atoms with Gasteiger partial charge in [-0.25, -0.2) is 0 Å². The Kier molecular flexibility index (Phi) is 4.70. The molecule has 1 aliphatic heterocycles. The second-order valence-corrected chi connectivity index (χ2v) is 4.70. The molecule has 1 heterocycles. The summed E-state index contributed by atoms with van der Waals surface area (Å²) in [6, 6.07) is 5.55. The lowest BCUT2D eigenvalue weighted by molar-refractivity contribution is -0.384. The first-order valence-corrected chi connectivity index (χ1v) is 6.25. The molecule has 1 aromatic carbocycles. The van der Waals surface area contributed by atoms with E-state index in [-0.39, 0.29) is 5.69 Å². The molecule has 0 aromatic heterocycles. The minimum atomic E-state index is -1.39. The number of hydrogen-bond donors (Lipinski definition) is 5. The summed E-state index contributed by atoms with van der Waals surface area (Å²) in [4.78, 5) is 10.1. The topological polar surface area (TPSA) is 145 Å². The third kappa shape index (κ3) is 3.28. The summed E-state index contributed by atoms with van der Waals surface area (Å²) in [7, 11) is 0. The number of nitrogens with zero attached hydrogens (tertiary/aromatic N) is 1. The number of aliphatic hydroxyl groups is 4. The van der Waals surface area contributed by atoms with E-state index in [0.717, 1.165) is 0 Å². The number of nitro groups is 1. The highest BCUT2D eigenvalue weighted by Gasteiger charge is 2.45. The van der Waals surface area contributed by atoms with Crippen LogP contribution >= 0.6 is 0 Å². The maximum absolute atomic E-state index is 10.7. The summed E-state index contributed by atoms with van der Waals surface area (Å²) in [5.41, 5.74) is 0.180. The number of hydrogen-bond acceptors (Lipinski definition) is 8. The molecule has 9 nitrogen and oxygen atoms in total. The first kappa shape index (κ1) is 15.6. The van der Waals surface area contributed by atoms with E-state index < -0.39 is 42.2 Å². The number of nitro benzene ring substituents is 1. The summed E-state index contributed by atoms with van der Waals surface area (Å²) >= 11 is 0. The van der Waals surface area contributed by atoms with Gasteiger partial charge in [0.15, 0.2) is 6.23 Å². The van der Waals surface area contributed by atoms with E-state index in [1.165, 1.54) is 24.3 Å². The Morgan fingerprint density at radius 2 is 2.10 bits per heavy atom. The van der Waals surface area contributed by atoms with Crippen LogP contribution in [-0.4, -0.2) is 62.6 Å². The van der Waals surface area contributed by atoms with Crippen LogP contribution in [0.1, 0.15) is 0 Å². The van der Waals surface area contributed by atoms with Crippen molar-refractivity contribution in [1.29, 1.82) is 0 Å². The van der Waals surface area contributed by atoms with Crippen molar-refractivity contribution in [3.63, 3.8) is 0 Å². The lowest BCUT2D eigenvalue weighted by Gasteiger charge is -2.19. The number of nitrogens with one attached hydrogen (secondary N) is 1. The molecule has 1 fully saturated rings. The molecule has 5 atom stereocenters. The van der Waals surface area contributed by atoms with Gasteiger partial charge >= 0.3 is 0 Å². The Morgan fingerprint density at radius 1 is 1.38 bits per heavy atom. The summed E-state index contributed by atoms with van der Waals surface area (Å²) in [5, 5.41) is 51.3. The highest BCUT2D eigenvalue weighted by Crippen LogP contribution is 2.26. The molecule has 21 heavy (non-hydrogen) atoms. The largest absolute Gasteiger partial charge is 0.394 e. The first-order chi connectivity index (χ1) is 9.93. The molecule has 1 aromatic rings. The molecule has 1 aliphatic rings. The van der Waals surface area contributed by atoms with Crippen molar-refractivity contribution >= 4 is 11.4 Å².